The second kappa shape index (κ2) is 10.6. The number of alkyl halides is 3. The fourth-order valence-electron chi connectivity index (χ4n) is 4.18. The molecule has 1 aliphatic rings. The van der Waals surface area contributed by atoms with E-state index in [2.05, 4.69) is 0 Å². The van der Waals surface area contributed by atoms with Gasteiger partial charge >= 0.3 is 6.18 Å². The molecule has 196 valence electrons. The number of hydrogen-bond donors (Lipinski definition) is 0. The Kier molecular flexibility index (Phi) is 7.70. The van der Waals surface area contributed by atoms with Gasteiger partial charge in [-0.15, -0.1) is 0 Å². The molecule has 0 bridgehead atoms. The molecule has 4 rings (SSSR count). The van der Waals surface area contributed by atoms with Gasteiger partial charge in [-0.25, -0.2) is 8.42 Å². The van der Waals surface area contributed by atoms with Crippen molar-refractivity contribution in [3.8, 4) is 0 Å². The summed E-state index contributed by atoms with van der Waals surface area (Å²) in [4.78, 5) is 16.5. The van der Waals surface area contributed by atoms with Crippen LogP contribution in [-0.4, -0.2) is 51.7 Å². The summed E-state index contributed by atoms with van der Waals surface area (Å²) < 4.78 is 65.1. The van der Waals surface area contributed by atoms with Crippen molar-refractivity contribution in [1.82, 2.24) is 4.90 Å². The summed E-state index contributed by atoms with van der Waals surface area (Å²) in [6.45, 7) is 1.63. The zero-order valence-corrected chi connectivity index (χ0v) is 21.5. The van der Waals surface area contributed by atoms with Crippen LogP contribution < -0.4 is 9.21 Å². The first kappa shape index (κ1) is 26.8. The van der Waals surface area contributed by atoms with Crippen LogP contribution in [0.3, 0.4) is 0 Å². The molecule has 1 saturated heterocycles. The van der Waals surface area contributed by atoms with Crippen molar-refractivity contribution in [1.29, 1.82) is 0 Å². The maximum Gasteiger partial charge on any atom is 0.416 e. The third kappa shape index (κ3) is 6.56. The van der Waals surface area contributed by atoms with Gasteiger partial charge in [0, 0.05) is 42.5 Å². The Bertz CT molecular complexity index is 1370. The Balaban J connectivity index is 1.40. The van der Waals surface area contributed by atoms with Crippen LogP contribution in [0.2, 0.25) is 5.02 Å². The normalized spacial score (nSPS) is 14.5. The SMILES string of the molecule is CS(=O)(=O)N(Cc1ccc(C(=O)N2CCN(c3cccc(C(F)(F)F)c3)CC2)cc1)c1cccc(Cl)c1. The Labute approximate surface area is 218 Å². The number of carbonyl (C=O) groups is 1. The molecule has 0 aromatic heterocycles. The van der Waals surface area contributed by atoms with Crippen molar-refractivity contribution < 1.29 is 26.4 Å². The molecule has 0 N–H and O–H groups in total. The smallest absolute Gasteiger partial charge is 0.368 e. The number of nitrogens with zero attached hydrogens (tertiary/aromatic N) is 3. The highest BCUT2D eigenvalue weighted by atomic mass is 35.5. The third-order valence-electron chi connectivity index (χ3n) is 6.13. The summed E-state index contributed by atoms with van der Waals surface area (Å²) in [6.07, 6.45) is -3.29. The topological polar surface area (TPSA) is 60.9 Å². The minimum atomic E-state index is -4.41. The first-order valence-electron chi connectivity index (χ1n) is 11.5. The Morgan fingerprint density at radius 1 is 0.946 bits per heavy atom. The van der Waals surface area contributed by atoms with E-state index in [4.69, 9.17) is 11.6 Å². The van der Waals surface area contributed by atoms with Crippen molar-refractivity contribution >= 4 is 38.9 Å². The lowest BCUT2D eigenvalue weighted by atomic mass is 10.1. The molecule has 0 aliphatic carbocycles. The molecular formula is C26H25ClF3N3O3S. The van der Waals surface area contributed by atoms with Crippen molar-refractivity contribution in [3.63, 3.8) is 0 Å². The van der Waals surface area contributed by atoms with E-state index in [0.29, 0.717) is 53.7 Å². The molecule has 1 fully saturated rings. The number of amides is 1. The summed E-state index contributed by atoms with van der Waals surface area (Å²) in [5.74, 6) is -0.190. The molecule has 37 heavy (non-hydrogen) atoms. The third-order valence-corrected chi connectivity index (χ3v) is 7.50. The molecule has 3 aromatic carbocycles. The number of rotatable bonds is 6. The quantitative estimate of drug-likeness (QED) is 0.418. The van der Waals surface area contributed by atoms with Crippen LogP contribution in [0.15, 0.2) is 72.8 Å². The minimum absolute atomic E-state index is 0.0727. The van der Waals surface area contributed by atoms with Crippen LogP contribution in [0, 0.1) is 0 Å². The fraction of sp³-hybridized carbons (Fsp3) is 0.269. The number of hydrogen-bond acceptors (Lipinski definition) is 4. The first-order valence-corrected chi connectivity index (χ1v) is 13.7. The summed E-state index contributed by atoms with van der Waals surface area (Å²) in [7, 11) is -3.58. The maximum atomic E-state index is 13.0. The van der Waals surface area contributed by atoms with Gasteiger partial charge in [0.1, 0.15) is 0 Å². The molecule has 0 unspecified atom stereocenters. The number of sulfonamides is 1. The van der Waals surface area contributed by atoms with Gasteiger partial charge in [-0.05, 0) is 54.1 Å². The monoisotopic (exact) mass is 551 g/mol. The first-order chi connectivity index (χ1) is 17.4. The van der Waals surface area contributed by atoms with Crippen LogP contribution in [0.25, 0.3) is 0 Å². The zero-order chi connectivity index (χ0) is 26.8. The molecule has 1 amide bonds. The van der Waals surface area contributed by atoms with Crippen LogP contribution in [0.1, 0.15) is 21.5 Å². The van der Waals surface area contributed by atoms with E-state index in [0.717, 1.165) is 18.4 Å². The maximum absolute atomic E-state index is 13.0. The fourth-order valence-corrected chi connectivity index (χ4v) is 5.24. The largest absolute Gasteiger partial charge is 0.416 e. The second-order valence-electron chi connectivity index (χ2n) is 8.77. The van der Waals surface area contributed by atoms with Gasteiger partial charge in [0.15, 0.2) is 0 Å². The Morgan fingerprint density at radius 2 is 1.59 bits per heavy atom. The number of benzene rings is 3. The van der Waals surface area contributed by atoms with Gasteiger partial charge in [-0.1, -0.05) is 35.9 Å². The lowest BCUT2D eigenvalue weighted by Crippen LogP contribution is -2.48. The van der Waals surface area contributed by atoms with Gasteiger partial charge in [0.25, 0.3) is 5.91 Å². The highest BCUT2D eigenvalue weighted by Gasteiger charge is 2.31. The average Bonchev–Trinajstić information content (AvgIpc) is 2.86. The predicted molar refractivity (Wildman–Crippen MR) is 138 cm³/mol. The molecule has 3 aromatic rings. The van der Waals surface area contributed by atoms with Crippen LogP contribution >= 0.6 is 11.6 Å². The molecule has 6 nitrogen and oxygen atoms in total. The molecular weight excluding hydrogens is 527 g/mol. The van der Waals surface area contributed by atoms with Crippen LogP contribution in [-0.2, 0) is 22.7 Å². The van der Waals surface area contributed by atoms with Crippen molar-refractivity contribution in [2.75, 3.05) is 41.6 Å². The van der Waals surface area contributed by atoms with E-state index in [1.54, 1.807) is 59.5 Å². The summed E-state index contributed by atoms with van der Waals surface area (Å²) in [6, 6.07) is 18.4. The summed E-state index contributed by atoms with van der Waals surface area (Å²) in [5, 5.41) is 0.417. The van der Waals surface area contributed by atoms with Gasteiger partial charge in [0.2, 0.25) is 10.0 Å². The molecule has 0 spiro atoms. The van der Waals surface area contributed by atoms with E-state index < -0.39 is 21.8 Å². The summed E-state index contributed by atoms with van der Waals surface area (Å²) >= 11 is 6.03. The lowest BCUT2D eigenvalue weighted by molar-refractivity contribution is -0.137. The summed E-state index contributed by atoms with van der Waals surface area (Å²) in [5.41, 5.74) is 1.35. The van der Waals surface area contributed by atoms with Crippen LogP contribution in [0.5, 0.6) is 0 Å². The van der Waals surface area contributed by atoms with Gasteiger partial charge in [-0.3, -0.25) is 9.10 Å². The van der Waals surface area contributed by atoms with Crippen molar-refractivity contribution in [2.24, 2.45) is 0 Å². The van der Waals surface area contributed by atoms with Gasteiger partial charge < -0.3 is 9.80 Å². The van der Waals surface area contributed by atoms with E-state index in [-0.39, 0.29) is 12.5 Å². The Morgan fingerprint density at radius 3 is 2.19 bits per heavy atom. The molecule has 11 heteroatoms. The molecule has 0 saturated carbocycles. The number of halogens is 4. The van der Waals surface area contributed by atoms with Gasteiger partial charge in [0.05, 0.1) is 24.1 Å². The van der Waals surface area contributed by atoms with Crippen molar-refractivity contribution in [2.45, 2.75) is 12.7 Å². The molecule has 1 aliphatic heterocycles. The molecule has 1 heterocycles. The zero-order valence-electron chi connectivity index (χ0n) is 20.0. The van der Waals surface area contributed by atoms with Crippen LogP contribution in [0.4, 0.5) is 24.5 Å². The van der Waals surface area contributed by atoms with E-state index in [1.807, 2.05) is 4.90 Å². The van der Waals surface area contributed by atoms with E-state index in [9.17, 15) is 26.4 Å². The Hall–Kier alpha value is -3.24. The number of anilines is 2. The average molecular weight is 552 g/mol. The number of carbonyl (C=O) groups excluding carboxylic acids is 1. The molecule has 0 radical (unpaired) electrons. The van der Waals surface area contributed by atoms with E-state index >= 15 is 0 Å². The molecule has 0 atom stereocenters. The van der Waals surface area contributed by atoms with Crippen molar-refractivity contribution in [3.05, 3.63) is 94.5 Å². The van der Waals surface area contributed by atoms with E-state index in [1.165, 1.54) is 10.4 Å². The highest BCUT2D eigenvalue weighted by Crippen LogP contribution is 2.32. The van der Waals surface area contributed by atoms with Gasteiger partial charge in [-0.2, -0.15) is 13.2 Å². The second-order valence-corrected chi connectivity index (χ2v) is 11.1. The standard InChI is InChI=1S/C26H25ClF3N3O3S/c1-37(35,36)33(24-7-3-5-22(27)17-24)18-19-8-10-20(11-9-19)25(34)32-14-12-31(13-15-32)23-6-2-4-21(16-23)26(28,29)30/h2-11,16-17H,12-15,18H2,1H3. The number of piperazine rings is 1. The predicted octanol–water partition coefficient (Wildman–Crippen LogP) is 5.29. The minimum Gasteiger partial charge on any atom is -0.368 e. The highest BCUT2D eigenvalue weighted by molar-refractivity contribution is 7.92. The lowest BCUT2D eigenvalue weighted by Gasteiger charge is -2.36.